The van der Waals surface area contributed by atoms with Crippen molar-refractivity contribution in [3.05, 3.63) is 0 Å². The van der Waals surface area contributed by atoms with Gasteiger partial charge in [0.25, 0.3) is 5.91 Å². The van der Waals surface area contributed by atoms with E-state index in [0.717, 1.165) is 0 Å². The van der Waals surface area contributed by atoms with Gasteiger partial charge >= 0.3 is 0 Å². The van der Waals surface area contributed by atoms with E-state index in [1.807, 2.05) is 0 Å². The van der Waals surface area contributed by atoms with Crippen LogP contribution in [0.4, 0.5) is 0 Å². The zero-order chi connectivity index (χ0) is 8.65. The lowest BCUT2D eigenvalue weighted by Gasteiger charge is -2.08. The Morgan fingerprint density at radius 3 is 2.36 bits per heavy atom. The van der Waals surface area contributed by atoms with Crippen molar-refractivity contribution in [1.29, 1.82) is 0 Å². The van der Waals surface area contributed by atoms with Gasteiger partial charge in [0.15, 0.2) is 0 Å². The highest BCUT2D eigenvalue weighted by Gasteiger charge is 2.29. The van der Waals surface area contributed by atoms with Crippen LogP contribution in [0, 0.1) is 0 Å². The van der Waals surface area contributed by atoms with Crippen molar-refractivity contribution in [1.82, 2.24) is 4.72 Å². The summed E-state index contributed by atoms with van der Waals surface area (Å²) >= 11 is 0. The zero-order valence-electron chi connectivity index (χ0n) is 6.83. The molecule has 1 aliphatic rings. The molecule has 1 rings (SSSR count). The Morgan fingerprint density at radius 1 is 1.64 bits per heavy atom. The molecule has 64 valence electrons. The van der Waals surface area contributed by atoms with Crippen molar-refractivity contribution in [2.24, 2.45) is 4.36 Å². The molecule has 0 fully saturated rings. The summed E-state index contributed by atoms with van der Waals surface area (Å²) in [5.74, 6) is -0.302. The molecule has 0 aromatic rings. The molecule has 4 nitrogen and oxygen atoms in total. The van der Waals surface area contributed by atoms with Gasteiger partial charge < -0.3 is 0 Å². The van der Waals surface area contributed by atoms with Crippen molar-refractivity contribution < 1.29 is 9.00 Å². The number of carbonyl (C=O) groups excluding carboxylic acids is 1. The highest BCUT2D eigenvalue weighted by Crippen LogP contribution is 2.10. The summed E-state index contributed by atoms with van der Waals surface area (Å²) in [7, 11) is -2.44. The van der Waals surface area contributed by atoms with E-state index in [1.54, 1.807) is 20.8 Å². The lowest BCUT2D eigenvalue weighted by molar-refractivity contribution is -0.118. The number of amides is 1. The fourth-order valence-corrected chi connectivity index (χ4v) is 2.35. The first-order valence-electron chi connectivity index (χ1n) is 3.53. The normalized spacial score (nSPS) is 37.8. The number of carbonyl (C=O) groups is 1. The number of nitrogens with one attached hydrogen (secondary N) is 1. The number of hydrogen-bond acceptors (Lipinski definition) is 2. The van der Waals surface area contributed by atoms with Crippen LogP contribution in [0.3, 0.4) is 0 Å². The highest BCUT2D eigenvalue weighted by molar-refractivity contribution is 7.93. The first-order valence-corrected chi connectivity index (χ1v) is 5.10. The molecule has 0 aromatic heterocycles. The summed E-state index contributed by atoms with van der Waals surface area (Å²) in [5.41, 5.74) is 0. The van der Waals surface area contributed by atoms with Crippen molar-refractivity contribution in [3.8, 4) is 0 Å². The average molecular weight is 176 g/mol. The summed E-state index contributed by atoms with van der Waals surface area (Å²) < 4.78 is 17.9. The third kappa shape index (κ3) is 1.44. The summed E-state index contributed by atoms with van der Waals surface area (Å²) in [6.45, 7) is 5.23. The number of rotatable bonds is 1. The quantitative estimate of drug-likeness (QED) is 0.624. The van der Waals surface area contributed by atoms with Gasteiger partial charge in [0, 0.05) is 0 Å². The van der Waals surface area contributed by atoms with E-state index in [1.165, 1.54) is 0 Å². The van der Waals surface area contributed by atoms with Crippen LogP contribution in [0.1, 0.15) is 20.8 Å². The maximum Gasteiger partial charge on any atom is 0.272 e. The van der Waals surface area contributed by atoms with Gasteiger partial charge in [0.1, 0.15) is 9.92 Å². The second-order valence-electron chi connectivity index (χ2n) is 2.89. The Morgan fingerprint density at radius 2 is 2.18 bits per heavy atom. The maximum absolute atomic E-state index is 11.6. The number of nitrogens with zero attached hydrogens (tertiary/aromatic N) is 1. The third-order valence-electron chi connectivity index (χ3n) is 1.58. The third-order valence-corrected chi connectivity index (χ3v) is 4.00. The molecule has 2 atom stereocenters. The average Bonchev–Trinajstić information content (AvgIpc) is 2.09. The molecule has 0 aromatic carbocycles. The molecule has 5 heteroatoms. The smallest absolute Gasteiger partial charge is 0.270 e. The van der Waals surface area contributed by atoms with Gasteiger partial charge in [0.2, 0.25) is 0 Å². The molecule has 1 aliphatic heterocycles. The van der Waals surface area contributed by atoms with Gasteiger partial charge in [-0.1, -0.05) is 0 Å². The van der Waals surface area contributed by atoms with Crippen LogP contribution < -0.4 is 4.72 Å². The van der Waals surface area contributed by atoms with Crippen molar-refractivity contribution in [2.75, 3.05) is 0 Å². The Hall–Kier alpha value is -0.420. The minimum absolute atomic E-state index is 0.114. The molecular formula is C6H12N2O2S. The van der Waals surface area contributed by atoms with Crippen molar-refractivity contribution >= 4 is 15.8 Å². The topological polar surface area (TPSA) is 58.5 Å². The molecule has 1 heterocycles. The standard InChI is InChI=1S/C6H12N2O2S/c1-4(2)11(10)7-5(3)6(9)8-11/h4-5H,1-3H3,(H,7,8,9,10)/t5-,11?/m0/s1. The summed E-state index contributed by atoms with van der Waals surface area (Å²) in [6.07, 6.45) is 0. The summed E-state index contributed by atoms with van der Waals surface area (Å²) in [4.78, 5) is 10.9. The van der Waals surface area contributed by atoms with Crippen LogP contribution in [0.25, 0.3) is 0 Å². The molecular weight excluding hydrogens is 164 g/mol. The zero-order valence-corrected chi connectivity index (χ0v) is 7.64. The van der Waals surface area contributed by atoms with Gasteiger partial charge in [-0.3, -0.25) is 4.79 Å². The van der Waals surface area contributed by atoms with E-state index in [4.69, 9.17) is 0 Å². The fourth-order valence-electron chi connectivity index (χ4n) is 0.784. The van der Waals surface area contributed by atoms with E-state index in [-0.39, 0.29) is 17.2 Å². The largest absolute Gasteiger partial charge is 0.272 e. The van der Waals surface area contributed by atoms with Gasteiger partial charge in [-0.25, -0.2) is 8.93 Å². The Bertz CT molecular complexity index is 289. The van der Waals surface area contributed by atoms with Crippen molar-refractivity contribution in [3.63, 3.8) is 0 Å². The first-order chi connectivity index (χ1) is 4.96. The van der Waals surface area contributed by atoms with Crippen LogP contribution in [0.5, 0.6) is 0 Å². The Balaban J connectivity index is 3.02. The molecule has 0 bridgehead atoms. The summed E-state index contributed by atoms with van der Waals surface area (Å²) in [6, 6.07) is -0.384. The van der Waals surface area contributed by atoms with Crippen LogP contribution in [-0.4, -0.2) is 21.4 Å². The van der Waals surface area contributed by atoms with Crippen LogP contribution >= 0.6 is 0 Å². The van der Waals surface area contributed by atoms with Gasteiger partial charge in [-0.05, 0) is 20.8 Å². The molecule has 1 N–H and O–H groups in total. The molecule has 0 saturated heterocycles. The SMILES string of the molecule is CC(C)S1(=O)=NC(=O)[C@H](C)N1. The molecule has 0 spiro atoms. The fraction of sp³-hybridized carbons (Fsp3) is 0.833. The second-order valence-corrected chi connectivity index (χ2v) is 5.38. The number of hydrogen-bond donors (Lipinski definition) is 1. The minimum atomic E-state index is -2.44. The van der Waals surface area contributed by atoms with E-state index >= 15 is 0 Å². The molecule has 0 saturated carbocycles. The Kier molecular flexibility index (Phi) is 2.02. The first kappa shape index (κ1) is 8.67. The van der Waals surface area contributed by atoms with Crippen LogP contribution in [-0.2, 0) is 14.7 Å². The molecule has 11 heavy (non-hydrogen) atoms. The molecule has 0 radical (unpaired) electrons. The predicted octanol–water partition coefficient (Wildman–Crippen LogP) is 0.296. The van der Waals surface area contributed by atoms with Gasteiger partial charge in [0.05, 0.1) is 11.3 Å². The maximum atomic E-state index is 11.6. The van der Waals surface area contributed by atoms with E-state index in [9.17, 15) is 9.00 Å². The monoisotopic (exact) mass is 176 g/mol. The van der Waals surface area contributed by atoms with Gasteiger partial charge in [-0.2, -0.15) is 0 Å². The predicted molar refractivity (Wildman–Crippen MR) is 43.3 cm³/mol. The van der Waals surface area contributed by atoms with E-state index < -0.39 is 9.92 Å². The molecule has 1 amide bonds. The Labute approximate surface area is 66.7 Å². The van der Waals surface area contributed by atoms with E-state index in [0.29, 0.717) is 0 Å². The second kappa shape index (κ2) is 2.57. The van der Waals surface area contributed by atoms with Crippen LogP contribution in [0.2, 0.25) is 0 Å². The summed E-state index contributed by atoms with van der Waals surface area (Å²) in [5, 5.41) is -0.114. The van der Waals surface area contributed by atoms with Crippen LogP contribution in [0.15, 0.2) is 4.36 Å². The highest BCUT2D eigenvalue weighted by atomic mass is 32.2. The van der Waals surface area contributed by atoms with Gasteiger partial charge in [-0.15, -0.1) is 4.36 Å². The molecule has 1 unspecified atom stereocenters. The lowest BCUT2D eigenvalue weighted by Crippen LogP contribution is -2.33. The van der Waals surface area contributed by atoms with E-state index in [2.05, 4.69) is 9.08 Å². The van der Waals surface area contributed by atoms with Crippen molar-refractivity contribution in [2.45, 2.75) is 32.1 Å². The lowest BCUT2D eigenvalue weighted by atomic mass is 10.4. The molecule has 0 aliphatic carbocycles. The minimum Gasteiger partial charge on any atom is -0.270 e.